The number of rotatable bonds is 1. The average Bonchev–Trinajstić information content (AvgIpc) is 2.60. The zero-order valence-electron chi connectivity index (χ0n) is 11.8. The van der Waals surface area contributed by atoms with E-state index in [2.05, 4.69) is 5.32 Å². The van der Waals surface area contributed by atoms with Gasteiger partial charge in [0.1, 0.15) is 0 Å². The first kappa shape index (κ1) is 13.6. The van der Waals surface area contributed by atoms with E-state index in [-0.39, 0.29) is 23.8 Å². The number of imide groups is 1. The number of nitrogens with zero attached hydrogens (tertiary/aromatic N) is 1. The van der Waals surface area contributed by atoms with E-state index in [0.717, 1.165) is 25.7 Å². The molecule has 1 saturated carbocycles. The fourth-order valence-electron chi connectivity index (χ4n) is 3.92. The van der Waals surface area contributed by atoms with Crippen molar-refractivity contribution in [2.75, 3.05) is 6.54 Å². The maximum atomic E-state index is 12.8. The van der Waals surface area contributed by atoms with E-state index >= 15 is 0 Å². The van der Waals surface area contributed by atoms with Gasteiger partial charge in [0.15, 0.2) is 0 Å². The van der Waals surface area contributed by atoms with Gasteiger partial charge < -0.3 is 5.32 Å². The monoisotopic (exact) mass is 278 g/mol. The number of nitrogens with one attached hydrogen (secondary N) is 1. The molecule has 1 spiro atoms. The minimum absolute atomic E-state index is 0.0181. The predicted molar refractivity (Wildman–Crippen MR) is 72.6 cm³/mol. The van der Waals surface area contributed by atoms with Crippen molar-refractivity contribution >= 4 is 17.7 Å². The molecule has 0 aromatic rings. The minimum Gasteiger partial charge on any atom is -0.354 e. The highest BCUT2D eigenvalue weighted by Gasteiger charge is 2.53. The molecular weight excluding hydrogens is 256 g/mol. The van der Waals surface area contributed by atoms with Crippen molar-refractivity contribution in [3.05, 3.63) is 0 Å². The molecule has 1 N–H and O–H groups in total. The molecule has 1 atom stereocenters. The number of carbonyl (C=O) groups is 3. The summed E-state index contributed by atoms with van der Waals surface area (Å²) in [5.41, 5.74) is -0.422. The van der Waals surface area contributed by atoms with Crippen LogP contribution in [0.4, 0.5) is 0 Å². The maximum absolute atomic E-state index is 12.8. The van der Waals surface area contributed by atoms with Crippen LogP contribution in [0.15, 0.2) is 0 Å². The van der Waals surface area contributed by atoms with Gasteiger partial charge in [0.05, 0.1) is 11.5 Å². The Balaban J connectivity index is 1.77. The first-order valence-electron chi connectivity index (χ1n) is 7.76. The molecular formula is C15H22N2O3. The number of piperidine rings is 1. The third-order valence-electron chi connectivity index (χ3n) is 5.10. The zero-order valence-corrected chi connectivity index (χ0v) is 11.8. The predicted octanol–water partition coefficient (Wildman–Crippen LogP) is 1.36. The number of carbonyl (C=O) groups excluding carboxylic acids is 3. The normalized spacial score (nSPS) is 30.5. The first-order chi connectivity index (χ1) is 9.62. The minimum atomic E-state index is -0.422. The van der Waals surface area contributed by atoms with Crippen molar-refractivity contribution in [2.24, 2.45) is 5.41 Å². The number of hydrogen-bond donors (Lipinski definition) is 1. The maximum Gasteiger partial charge on any atom is 0.236 e. The Kier molecular flexibility index (Phi) is 3.52. The third kappa shape index (κ3) is 2.23. The van der Waals surface area contributed by atoms with E-state index in [1.807, 2.05) is 0 Å². The van der Waals surface area contributed by atoms with Gasteiger partial charge >= 0.3 is 0 Å². The largest absolute Gasteiger partial charge is 0.354 e. The van der Waals surface area contributed by atoms with E-state index in [4.69, 9.17) is 0 Å². The molecule has 0 bridgehead atoms. The van der Waals surface area contributed by atoms with Gasteiger partial charge in [-0.3, -0.25) is 19.3 Å². The molecule has 20 heavy (non-hydrogen) atoms. The molecule has 1 unspecified atom stereocenters. The summed E-state index contributed by atoms with van der Waals surface area (Å²) < 4.78 is 0. The lowest BCUT2D eigenvalue weighted by Gasteiger charge is -2.32. The number of likely N-dealkylation sites (tertiary alicyclic amines) is 1. The SMILES string of the molecule is O=C1CCC(N2C(=O)CC3(CCCCCC3)C2=O)CN1. The fraction of sp³-hybridized carbons (Fsp3) is 0.800. The van der Waals surface area contributed by atoms with Gasteiger partial charge in [-0.1, -0.05) is 25.7 Å². The summed E-state index contributed by atoms with van der Waals surface area (Å²) in [6, 6.07) is -0.129. The Hall–Kier alpha value is -1.39. The smallest absolute Gasteiger partial charge is 0.236 e. The van der Waals surface area contributed by atoms with Crippen LogP contribution in [-0.2, 0) is 14.4 Å². The van der Waals surface area contributed by atoms with Crippen LogP contribution < -0.4 is 5.32 Å². The molecule has 3 aliphatic rings. The molecule has 3 amide bonds. The molecule has 2 heterocycles. The zero-order chi connectivity index (χ0) is 14.2. The molecule has 5 nitrogen and oxygen atoms in total. The summed E-state index contributed by atoms with van der Waals surface area (Å²) >= 11 is 0. The van der Waals surface area contributed by atoms with Gasteiger partial charge in [0, 0.05) is 19.4 Å². The summed E-state index contributed by atoms with van der Waals surface area (Å²) in [4.78, 5) is 37.9. The van der Waals surface area contributed by atoms with E-state index < -0.39 is 5.41 Å². The molecule has 3 rings (SSSR count). The molecule has 3 fully saturated rings. The van der Waals surface area contributed by atoms with Crippen molar-refractivity contribution in [3.8, 4) is 0 Å². The van der Waals surface area contributed by atoms with Crippen LogP contribution in [0.25, 0.3) is 0 Å². The molecule has 5 heteroatoms. The second-order valence-corrected chi connectivity index (χ2v) is 6.44. The highest BCUT2D eigenvalue weighted by atomic mass is 16.2. The summed E-state index contributed by atoms with van der Waals surface area (Å²) in [5, 5.41) is 2.77. The van der Waals surface area contributed by atoms with Gasteiger partial charge in [-0.2, -0.15) is 0 Å². The Morgan fingerprint density at radius 1 is 1.05 bits per heavy atom. The highest BCUT2D eigenvalue weighted by Crippen LogP contribution is 2.45. The third-order valence-corrected chi connectivity index (χ3v) is 5.10. The lowest BCUT2D eigenvalue weighted by Crippen LogP contribution is -2.51. The molecule has 0 aromatic carbocycles. The molecule has 0 aromatic heterocycles. The summed E-state index contributed by atoms with van der Waals surface area (Å²) in [6.45, 7) is 0.423. The van der Waals surface area contributed by atoms with E-state index in [1.165, 1.54) is 17.7 Å². The Morgan fingerprint density at radius 2 is 1.75 bits per heavy atom. The van der Waals surface area contributed by atoms with Crippen LogP contribution >= 0.6 is 0 Å². The molecule has 2 aliphatic heterocycles. The number of hydrogen-bond acceptors (Lipinski definition) is 3. The van der Waals surface area contributed by atoms with Crippen LogP contribution in [0.5, 0.6) is 0 Å². The van der Waals surface area contributed by atoms with Crippen LogP contribution in [0.2, 0.25) is 0 Å². The molecule has 110 valence electrons. The lowest BCUT2D eigenvalue weighted by molar-refractivity contribution is -0.146. The fourth-order valence-corrected chi connectivity index (χ4v) is 3.92. The lowest BCUT2D eigenvalue weighted by atomic mass is 9.79. The summed E-state index contributed by atoms with van der Waals surface area (Å²) in [6.07, 6.45) is 7.55. The number of amides is 3. The first-order valence-corrected chi connectivity index (χ1v) is 7.76. The van der Waals surface area contributed by atoms with Crippen LogP contribution in [0.1, 0.15) is 57.8 Å². The second-order valence-electron chi connectivity index (χ2n) is 6.44. The average molecular weight is 278 g/mol. The Labute approximate surface area is 119 Å². The van der Waals surface area contributed by atoms with E-state index in [0.29, 0.717) is 25.8 Å². The molecule has 1 aliphatic carbocycles. The van der Waals surface area contributed by atoms with Crippen molar-refractivity contribution in [1.29, 1.82) is 0 Å². The molecule has 0 radical (unpaired) electrons. The van der Waals surface area contributed by atoms with Crippen molar-refractivity contribution in [3.63, 3.8) is 0 Å². The quantitative estimate of drug-likeness (QED) is 0.737. The van der Waals surface area contributed by atoms with Crippen LogP contribution in [-0.4, -0.2) is 35.2 Å². The summed E-state index contributed by atoms with van der Waals surface area (Å²) in [5.74, 6) is 0.0214. The van der Waals surface area contributed by atoms with Crippen molar-refractivity contribution in [1.82, 2.24) is 10.2 Å². The van der Waals surface area contributed by atoms with E-state index in [1.54, 1.807) is 0 Å². The van der Waals surface area contributed by atoms with E-state index in [9.17, 15) is 14.4 Å². The highest BCUT2D eigenvalue weighted by molar-refractivity contribution is 6.06. The summed E-state index contributed by atoms with van der Waals surface area (Å²) in [7, 11) is 0. The van der Waals surface area contributed by atoms with Gasteiger partial charge in [-0.25, -0.2) is 0 Å². The second kappa shape index (κ2) is 5.19. The van der Waals surface area contributed by atoms with Crippen molar-refractivity contribution in [2.45, 2.75) is 63.8 Å². The van der Waals surface area contributed by atoms with Gasteiger partial charge in [0.2, 0.25) is 17.7 Å². The van der Waals surface area contributed by atoms with Gasteiger partial charge in [-0.15, -0.1) is 0 Å². The van der Waals surface area contributed by atoms with Crippen LogP contribution in [0.3, 0.4) is 0 Å². The Bertz CT molecular complexity index is 428. The van der Waals surface area contributed by atoms with Gasteiger partial charge in [0.25, 0.3) is 0 Å². The Morgan fingerprint density at radius 3 is 2.35 bits per heavy atom. The van der Waals surface area contributed by atoms with Crippen LogP contribution in [0, 0.1) is 5.41 Å². The van der Waals surface area contributed by atoms with Crippen molar-refractivity contribution < 1.29 is 14.4 Å². The van der Waals surface area contributed by atoms with Gasteiger partial charge in [-0.05, 0) is 19.3 Å². The topological polar surface area (TPSA) is 66.5 Å². The standard InChI is InChI=1S/C15H22N2O3/c18-12-6-5-11(10-16-12)17-13(19)9-15(14(17)20)7-3-1-2-4-8-15/h11H,1-10H2,(H,16,18). The molecule has 2 saturated heterocycles.